The van der Waals surface area contributed by atoms with Crippen molar-refractivity contribution in [2.45, 2.75) is 44.7 Å². The van der Waals surface area contributed by atoms with Gasteiger partial charge in [0.25, 0.3) is 5.91 Å². The Labute approximate surface area is 175 Å². The van der Waals surface area contributed by atoms with Gasteiger partial charge in [0, 0.05) is 0 Å². The summed E-state index contributed by atoms with van der Waals surface area (Å²) in [4.78, 5) is 27.3. The van der Waals surface area contributed by atoms with Gasteiger partial charge in [-0.25, -0.2) is 4.79 Å². The standard InChI is InChI=1S/C23H24N4O3/c1-2-3-14-23(18-12-8-5-9-13-18)21(28)27(22(29)24-23)16-20-26-25-19(30-20)15-17-10-6-4-7-11-17/h4-13H,2-3,14-16H2,1H3,(H,24,29). The molecule has 3 aromatic rings. The fraction of sp³-hybridized carbons (Fsp3) is 0.304. The van der Waals surface area contributed by atoms with Crippen LogP contribution >= 0.6 is 0 Å². The lowest BCUT2D eigenvalue weighted by Gasteiger charge is -2.27. The van der Waals surface area contributed by atoms with E-state index in [0.29, 0.717) is 18.7 Å². The van der Waals surface area contributed by atoms with Gasteiger partial charge in [-0.05, 0) is 17.5 Å². The van der Waals surface area contributed by atoms with Gasteiger partial charge < -0.3 is 9.73 Å². The fourth-order valence-corrected chi connectivity index (χ4v) is 3.77. The van der Waals surface area contributed by atoms with Crippen LogP contribution in [0.3, 0.4) is 0 Å². The lowest BCUT2D eigenvalue weighted by atomic mass is 9.85. The summed E-state index contributed by atoms with van der Waals surface area (Å²) in [5.41, 5.74) is 0.779. The number of rotatable bonds is 8. The highest BCUT2D eigenvalue weighted by atomic mass is 16.4. The maximum Gasteiger partial charge on any atom is 0.325 e. The molecule has 4 rings (SSSR count). The van der Waals surface area contributed by atoms with Gasteiger partial charge in [-0.1, -0.05) is 80.4 Å². The Morgan fingerprint density at radius 2 is 1.63 bits per heavy atom. The number of amides is 3. The van der Waals surface area contributed by atoms with Gasteiger partial charge in [-0.3, -0.25) is 9.69 Å². The second-order valence-corrected chi connectivity index (χ2v) is 7.45. The number of nitrogens with one attached hydrogen (secondary N) is 1. The van der Waals surface area contributed by atoms with Crippen molar-refractivity contribution in [3.05, 3.63) is 83.6 Å². The first-order chi connectivity index (χ1) is 14.6. The van der Waals surface area contributed by atoms with E-state index in [4.69, 9.17) is 4.42 Å². The van der Waals surface area contributed by atoms with Crippen LogP contribution in [0.25, 0.3) is 0 Å². The third kappa shape index (κ3) is 3.83. The Hall–Kier alpha value is -3.48. The molecule has 0 saturated carbocycles. The Morgan fingerprint density at radius 3 is 2.33 bits per heavy atom. The van der Waals surface area contributed by atoms with Crippen LogP contribution in [-0.2, 0) is 23.3 Å². The summed E-state index contributed by atoms with van der Waals surface area (Å²) in [7, 11) is 0. The highest BCUT2D eigenvalue weighted by molar-refractivity contribution is 6.07. The van der Waals surface area contributed by atoms with E-state index in [1.165, 1.54) is 4.90 Å². The van der Waals surface area contributed by atoms with E-state index in [-0.39, 0.29) is 18.3 Å². The molecule has 1 unspecified atom stereocenters. The van der Waals surface area contributed by atoms with E-state index in [1.54, 1.807) is 0 Å². The number of hydrogen-bond acceptors (Lipinski definition) is 5. The number of carbonyl (C=O) groups is 2. The molecule has 1 saturated heterocycles. The summed E-state index contributed by atoms with van der Waals surface area (Å²) in [6.45, 7) is 2.01. The van der Waals surface area contributed by atoms with Crippen LogP contribution in [0.1, 0.15) is 49.1 Å². The van der Waals surface area contributed by atoms with Crippen LogP contribution in [-0.4, -0.2) is 27.0 Å². The first kappa shape index (κ1) is 19.8. The molecule has 30 heavy (non-hydrogen) atoms. The van der Waals surface area contributed by atoms with E-state index in [0.717, 1.165) is 24.0 Å². The van der Waals surface area contributed by atoms with Crippen molar-refractivity contribution in [3.8, 4) is 0 Å². The maximum atomic E-state index is 13.4. The van der Waals surface area contributed by atoms with Crippen molar-refractivity contribution in [3.63, 3.8) is 0 Å². The topological polar surface area (TPSA) is 88.3 Å². The molecule has 1 aliphatic heterocycles. The Balaban J connectivity index is 1.54. The maximum absolute atomic E-state index is 13.4. The van der Waals surface area contributed by atoms with Crippen molar-refractivity contribution in [2.75, 3.05) is 0 Å². The molecule has 7 heteroatoms. The number of urea groups is 1. The van der Waals surface area contributed by atoms with E-state index < -0.39 is 11.6 Å². The van der Waals surface area contributed by atoms with Gasteiger partial charge in [0.1, 0.15) is 12.1 Å². The van der Waals surface area contributed by atoms with Crippen LogP contribution in [0.2, 0.25) is 0 Å². The molecular formula is C23H24N4O3. The van der Waals surface area contributed by atoms with E-state index in [9.17, 15) is 9.59 Å². The molecular weight excluding hydrogens is 380 g/mol. The van der Waals surface area contributed by atoms with Crippen molar-refractivity contribution in [2.24, 2.45) is 0 Å². The zero-order valence-electron chi connectivity index (χ0n) is 16.9. The first-order valence-electron chi connectivity index (χ1n) is 10.2. The fourth-order valence-electron chi connectivity index (χ4n) is 3.77. The minimum absolute atomic E-state index is 0.0484. The highest BCUT2D eigenvalue weighted by Gasteiger charge is 2.52. The first-order valence-corrected chi connectivity index (χ1v) is 10.2. The highest BCUT2D eigenvalue weighted by Crippen LogP contribution is 2.34. The molecule has 2 aromatic carbocycles. The van der Waals surface area contributed by atoms with Crippen molar-refractivity contribution >= 4 is 11.9 Å². The SMILES string of the molecule is CCCCC1(c2ccccc2)NC(=O)N(Cc2nnc(Cc3ccccc3)o2)C1=O. The van der Waals surface area contributed by atoms with Gasteiger partial charge in [-0.2, -0.15) is 0 Å². The van der Waals surface area contributed by atoms with Gasteiger partial charge in [-0.15, -0.1) is 10.2 Å². The number of hydrogen-bond donors (Lipinski definition) is 1. The van der Waals surface area contributed by atoms with Crippen LogP contribution in [0.5, 0.6) is 0 Å². The largest absolute Gasteiger partial charge is 0.423 e. The van der Waals surface area contributed by atoms with Crippen molar-refractivity contribution in [1.82, 2.24) is 20.4 Å². The van der Waals surface area contributed by atoms with E-state index >= 15 is 0 Å². The second-order valence-electron chi connectivity index (χ2n) is 7.45. The summed E-state index contributed by atoms with van der Waals surface area (Å²) in [6.07, 6.45) is 2.77. The van der Waals surface area contributed by atoms with Crippen molar-refractivity contribution < 1.29 is 14.0 Å². The third-order valence-electron chi connectivity index (χ3n) is 5.35. The molecule has 1 fully saturated rings. The lowest BCUT2D eigenvalue weighted by molar-refractivity contribution is -0.132. The second kappa shape index (κ2) is 8.49. The average molecular weight is 404 g/mol. The third-order valence-corrected chi connectivity index (χ3v) is 5.35. The molecule has 0 aliphatic carbocycles. The smallest absolute Gasteiger partial charge is 0.325 e. The summed E-state index contributed by atoms with van der Waals surface area (Å²) < 4.78 is 5.71. The van der Waals surface area contributed by atoms with Crippen LogP contribution in [0, 0.1) is 0 Å². The number of imide groups is 1. The Bertz CT molecular complexity index is 1020. The monoisotopic (exact) mass is 404 g/mol. The lowest BCUT2D eigenvalue weighted by Crippen LogP contribution is -2.44. The zero-order valence-corrected chi connectivity index (χ0v) is 16.9. The number of benzene rings is 2. The number of aromatic nitrogens is 2. The molecule has 1 aromatic heterocycles. The van der Waals surface area contributed by atoms with Crippen LogP contribution in [0.4, 0.5) is 4.79 Å². The molecule has 1 atom stereocenters. The Morgan fingerprint density at radius 1 is 0.967 bits per heavy atom. The van der Waals surface area contributed by atoms with E-state index in [2.05, 4.69) is 22.4 Å². The molecule has 3 amide bonds. The van der Waals surface area contributed by atoms with E-state index in [1.807, 2.05) is 60.7 Å². The molecule has 0 radical (unpaired) electrons. The van der Waals surface area contributed by atoms with Gasteiger partial charge >= 0.3 is 6.03 Å². The molecule has 1 aliphatic rings. The normalized spacial score (nSPS) is 18.6. The summed E-state index contributed by atoms with van der Waals surface area (Å²) in [5.74, 6) is 0.405. The minimum atomic E-state index is -1.05. The van der Waals surface area contributed by atoms with Gasteiger partial charge in [0.05, 0.1) is 6.42 Å². The predicted molar refractivity (Wildman–Crippen MR) is 110 cm³/mol. The molecule has 2 heterocycles. The molecule has 0 bridgehead atoms. The molecule has 7 nitrogen and oxygen atoms in total. The number of unbranched alkanes of at least 4 members (excludes halogenated alkanes) is 1. The van der Waals surface area contributed by atoms with Crippen LogP contribution in [0.15, 0.2) is 65.1 Å². The molecule has 0 spiro atoms. The summed E-state index contributed by atoms with van der Waals surface area (Å²) >= 11 is 0. The van der Waals surface area contributed by atoms with Gasteiger partial charge in [0.2, 0.25) is 11.8 Å². The van der Waals surface area contributed by atoms with Crippen LogP contribution < -0.4 is 5.32 Å². The quantitative estimate of drug-likeness (QED) is 0.577. The zero-order chi connectivity index (χ0) is 21.0. The molecule has 154 valence electrons. The van der Waals surface area contributed by atoms with Gasteiger partial charge in [0.15, 0.2) is 0 Å². The summed E-state index contributed by atoms with van der Waals surface area (Å²) in [6, 6.07) is 18.7. The van der Waals surface area contributed by atoms with Crippen molar-refractivity contribution in [1.29, 1.82) is 0 Å². The average Bonchev–Trinajstić information content (AvgIpc) is 3.31. The summed E-state index contributed by atoms with van der Waals surface area (Å²) in [5, 5.41) is 11.0. The predicted octanol–water partition coefficient (Wildman–Crippen LogP) is 3.80. The Kier molecular flexibility index (Phi) is 5.61. The number of nitrogens with zero attached hydrogens (tertiary/aromatic N) is 3. The minimum Gasteiger partial charge on any atom is -0.423 e. The molecule has 1 N–H and O–H groups in total. The number of carbonyl (C=O) groups excluding carboxylic acids is 2.